The Balaban J connectivity index is 3.79. The molecule has 0 aliphatic rings. The van der Waals surface area contributed by atoms with E-state index in [0.29, 0.717) is 11.5 Å². The van der Waals surface area contributed by atoms with Gasteiger partial charge in [0.1, 0.15) is 0 Å². The van der Waals surface area contributed by atoms with Gasteiger partial charge < -0.3 is 5.73 Å². The summed E-state index contributed by atoms with van der Waals surface area (Å²) in [5.74, 6) is 0. The van der Waals surface area contributed by atoms with Crippen LogP contribution >= 0.6 is 0 Å². The first kappa shape index (κ1) is 10.7. The van der Waals surface area contributed by atoms with E-state index in [4.69, 9.17) is 5.73 Å². The highest BCUT2D eigenvalue weighted by Crippen LogP contribution is 2.26. The Hall–Kier alpha value is -0.300. The first-order valence-electron chi connectivity index (χ1n) is 4.38. The first-order valence-corrected chi connectivity index (χ1v) is 4.38. The molecule has 0 radical (unpaired) electrons. The summed E-state index contributed by atoms with van der Waals surface area (Å²) in [6, 6.07) is 0.352. The fraction of sp³-hybridized carbons (Fsp3) is 0.800. The van der Waals surface area contributed by atoms with Crippen molar-refractivity contribution < 1.29 is 0 Å². The smallest absolute Gasteiger partial charge is 0.00413 e. The second kappa shape index (κ2) is 4.55. The number of hydrogen-bond acceptors (Lipinski definition) is 1. The van der Waals surface area contributed by atoms with E-state index in [9.17, 15) is 0 Å². The van der Waals surface area contributed by atoms with Crippen molar-refractivity contribution in [3.63, 3.8) is 0 Å². The van der Waals surface area contributed by atoms with Crippen LogP contribution in [-0.2, 0) is 0 Å². The largest absolute Gasteiger partial charge is 0.328 e. The van der Waals surface area contributed by atoms with Gasteiger partial charge in [0.15, 0.2) is 0 Å². The standard InChI is InChI=1S/C10H21N/c1-5-7-10(3,4)8-9(11)6-2/h5,9H,1,6-8,11H2,2-4H3. The van der Waals surface area contributed by atoms with E-state index >= 15 is 0 Å². The SMILES string of the molecule is C=CCC(C)(C)CC(N)CC. The summed E-state index contributed by atoms with van der Waals surface area (Å²) in [6.07, 6.45) is 5.19. The Morgan fingerprint density at radius 3 is 2.45 bits per heavy atom. The Labute approximate surface area is 70.7 Å². The second-order valence-corrected chi connectivity index (χ2v) is 4.03. The normalized spacial score (nSPS) is 14.5. The van der Waals surface area contributed by atoms with Gasteiger partial charge in [-0.3, -0.25) is 0 Å². The molecule has 0 aliphatic heterocycles. The van der Waals surface area contributed by atoms with Crippen LogP contribution in [0, 0.1) is 5.41 Å². The van der Waals surface area contributed by atoms with Crippen molar-refractivity contribution in [1.29, 1.82) is 0 Å². The van der Waals surface area contributed by atoms with Crippen LogP contribution in [0.15, 0.2) is 12.7 Å². The van der Waals surface area contributed by atoms with E-state index in [2.05, 4.69) is 27.4 Å². The minimum Gasteiger partial charge on any atom is -0.328 e. The predicted octanol–water partition coefficient (Wildman–Crippen LogP) is 2.72. The van der Waals surface area contributed by atoms with Crippen LogP contribution in [0.4, 0.5) is 0 Å². The summed E-state index contributed by atoms with van der Waals surface area (Å²) in [4.78, 5) is 0. The molecule has 1 heteroatoms. The van der Waals surface area contributed by atoms with E-state index in [1.165, 1.54) is 0 Å². The zero-order valence-electron chi connectivity index (χ0n) is 8.06. The maximum absolute atomic E-state index is 5.86. The highest BCUT2D eigenvalue weighted by atomic mass is 14.6. The summed E-state index contributed by atoms with van der Waals surface area (Å²) < 4.78 is 0. The van der Waals surface area contributed by atoms with Gasteiger partial charge in [0.05, 0.1) is 0 Å². The van der Waals surface area contributed by atoms with E-state index in [1.54, 1.807) is 0 Å². The summed E-state index contributed by atoms with van der Waals surface area (Å²) in [5.41, 5.74) is 6.19. The van der Waals surface area contributed by atoms with Crippen molar-refractivity contribution in [3.05, 3.63) is 12.7 Å². The molecule has 0 saturated carbocycles. The van der Waals surface area contributed by atoms with E-state index in [-0.39, 0.29) is 0 Å². The summed E-state index contributed by atoms with van der Waals surface area (Å²) >= 11 is 0. The molecule has 1 atom stereocenters. The topological polar surface area (TPSA) is 26.0 Å². The van der Waals surface area contributed by atoms with Crippen molar-refractivity contribution in [2.24, 2.45) is 11.1 Å². The average Bonchev–Trinajstić information content (AvgIpc) is 1.86. The third kappa shape index (κ3) is 5.02. The van der Waals surface area contributed by atoms with E-state index < -0.39 is 0 Å². The monoisotopic (exact) mass is 155 g/mol. The molecule has 66 valence electrons. The lowest BCUT2D eigenvalue weighted by molar-refractivity contribution is 0.305. The van der Waals surface area contributed by atoms with Gasteiger partial charge in [-0.2, -0.15) is 0 Å². The fourth-order valence-corrected chi connectivity index (χ4v) is 1.33. The van der Waals surface area contributed by atoms with Gasteiger partial charge in [0, 0.05) is 6.04 Å². The fourth-order valence-electron chi connectivity index (χ4n) is 1.33. The minimum absolute atomic E-state index is 0.331. The summed E-state index contributed by atoms with van der Waals surface area (Å²) in [5, 5.41) is 0. The molecule has 0 aromatic rings. The van der Waals surface area contributed by atoms with Crippen molar-refractivity contribution in [2.45, 2.75) is 46.1 Å². The van der Waals surface area contributed by atoms with Crippen LogP contribution in [0.1, 0.15) is 40.0 Å². The molecule has 0 spiro atoms. The van der Waals surface area contributed by atoms with Crippen LogP contribution < -0.4 is 5.73 Å². The van der Waals surface area contributed by atoms with Crippen LogP contribution in [0.25, 0.3) is 0 Å². The van der Waals surface area contributed by atoms with Crippen LogP contribution in [0.3, 0.4) is 0 Å². The van der Waals surface area contributed by atoms with Gasteiger partial charge in [-0.25, -0.2) is 0 Å². The molecule has 1 unspecified atom stereocenters. The number of nitrogens with two attached hydrogens (primary N) is 1. The van der Waals surface area contributed by atoms with Gasteiger partial charge in [-0.15, -0.1) is 6.58 Å². The molecule has 0 amide bonds. The van der Waals surface area contributed by atoms with Crippen LogP contribution in [-0.4, -0.2) is 6.04 Å². The van der Waals surface area contributed by atoms with E-state index in [0.717, 1.165) is 19.3 Å². The molecule has 0 bridgehead atoms. The second-order valence-electron chi connectivity index (χ2n) is 4.03. The lowest BCUT2D eigenvalue weighted by Gasteiger charge is -2.25. The molecule has 0 saturated heterocycles. The van der Waals surface area contributed by atoms with Crippen molar-refractivity contribution >= 4 is 0 Å². The zero-order valence-corrected chi connectivity index (χ0v) is 8.06. The molecule has 0 aliphatic carbocycles. The van der Waals surface area contributed by atoms with Gasteiger partial charge >= 0.3 is 0 Å². The summed E-state index contributed by atoms with van der Waals surface area (Å²) in [7, 11) is 0. The lowest BCUT2D eigenvalue weighted by atomic mass is 9.82. The Bertz CT molecular complexity index is 116. The molecular weight excluding hydrogens is 134 g/mol. The maximum Gasteiger partial charge on any atom is 0.00413 e. The Morgan fingerprint density at radius 2 is 2.09 bits per heavy atom. The molecule has 0 rings (SSSR count). The van der Waals surface area contributed by atoms with Crippen molar-refractivity contribution in [3.8, 4) is 0 Å². The number of hydrogen-bond donors (Lipinski definition) is 1. The molecule has 0 aromatic heterocycles. The van der Waals surface area contributed by atoms with Crippen LogP contribution in [0.5, 0.6) is 0 Å². The highest BCUT2D eigenvalue weighted by Gasteiger charge is 2.18. The summed E-state index contributed by atoms with van der Waals surface area (Å²) in [6.45, 7) is 10.4. The highest BCUT2D eigenvalue weighted by molar-refractivity contribution is 4.82. The molecule has 11 heavy (non-hydrogen) atoms. The minimum atomic E-state index is 0.331. The quantitative estimate of drug-likeness (QED) is 0.607. The third-order valence-corrected chi connectivity index (χ3v) is 2.04. The van der Waals surface area contributed by atoms with Crippen LogP contribution in [0.2, 0.25) is 0 Å². The van der Waals surface area contributed by atoms with Gasteiger partial charge in [-0.1, -0.05) is 26.8 Å². The molecule has 2 N–H and O–H groups in total. The Kier molecular flexibility index (Phi) is 4.43. The van der Waals surface area contributed by atoms with Crippen molar-refractivity contribution in [1.82, 2.24) is 0 Å². The van der Waals surface area contributed by atoms with Crippen molar-refractivity contribution in [2.75, 3.05) is 0 Å². The molecule has 0 heterocycles. The predicted molar refractivity (Wildman–Crippen MR) is 51.5 cm³/mol. The maximum atomic E-state index is 5.86. The first-order chi connectivity index (χ1) is 5.02. The number of allylic oxidation sites excluding steroid dienone is 1. The lowest BCUT2D eigenvalue weighted by Crippen LogP contribution is -2.26. The van der Waals surface area contributed by atoms with Gasteiger partial charge in [-0.05, 0) is 24.7 Å². The molecule has 0 fully saturated rings. The third-order valence-electron chi connectivity index (χ3n) is 2.04. The average molecular weight is 155 g/mol. The van der Waals surface area contributed by atoms with Gasteiger partial charge in [0.25, 0.3) is 0 Å². The molecular formula is C10H21N. The molecule has 0 aromatic carbocycles. The molecule has 1 nitrogen and oxygen atoms in total. The van der Waals surface area contributed by atoms with Gasteiger partial charge in [0.2, 0.25) is 0 Å². The number of rotatable bonds is 5. The zero-order chi connectivity index (χ0) is 8.91. The Morgan fingerprint density at radius 1 is 1.55 bits per heavy atom. The van der Waals surface area contributed by atoms with E-state index in [1.807, 2.05) is 6.08 Å².